The Bertz CT molecular complexity index is 680. The average molecular weight is 494 g/mol. The molecule has 0 saturated carbocycles. The van der Waals surface area contributed by atoms with Crippen molar-refractivity contribution in [2.75, 3.05) is 33.8 Å². The van der Waals surface area contributed by atoms with E-state index in [0.29, 0.717) is 12.5 Å². The van der Waals surface area contributed by atoms with Gasteiger partial charge in [0.05, 0.1) is 13.2 Å². The first-order chi connectivity index (χ1) is 16.3. The molecule has 0 heterocycles. The van der Waals surface area contributed by atoms with Gasteiger partial charge in [-0.3, -0.25) is 9.59 Å². The van der Waals surface area contributed by atoms with Crippen LogP contribution in [0.1, 0.15) is 87.1 Å². The third-order valence-corrected chi connectivity index (χ3v) is 4.56. The minimum Gasteiger partial charge on any atom is -0.392 e. The van der Waals surface area contributed by atoms with Gasteiger partial charge in [-0.2, -0.15) is 0 Å². The molecule has 0 aliphatic heterocycles. The SMILES string of the molecule is CC.CC(C)c1ccccc1.CCC.CNCC(=O)NC(C(=O)N(C)C/C=C(\C)CO)C(C)(C)C. The highest BCUT2D eigenvalue weighted by Crippen LogP contribution is 2.21. The Labute approximate surface area is 216 Å². The van der Waals surface area contributed by atoms with E-state index in [1.165, 1.54) is 12.0 Å². The van der Waals surface area contributed by atoms with Crippen molar-refractivity contribution in [3.8, 4) is 0 Å². The fourth-order valence-corrected chi connectivity index (χ4v) is 2.53. The first-order valence-electron chi connectivity index (χ1n) is 12.9. The molecule has 0 fully saturated rings. The molecule has 1 aromatic carbocycles. The lowest BCUT2D eigenvalue weighted by atomic mass is 9.85. The van der Waals surface area contributed by atoms with Crippen LogP contribution in [0.4, 0.5) is 0 Å². The number of carbonyl (C=O) groups is 2. The average Bonchev–Trinajstić information content (AvgIpc) is 2.82. The molecule has 0 aliphatic carbocycles. The number of likely N-dealkylation sites (N-methyl/N-ethyl adjacent to an activating group) is 2. The molecule has 0 aliphatic rings. The molecule has 0 spiro atoms. The number of nitrogens with zero attached hydrogens (tertiary/aromatic N) is 1. The molecule has 35 heavy (non-hydrogen) atoms. The van der Waals surface area contributed by atoms with Gasteiger partial charge in [0.25, 0.3) is 0 Å². The third kappa shape index (κ3) is 19.8. The number of rotatable bonds is 8. The smallest absolute Gasteiger partial charge is 0.245 e. The summed E-state index contributed by atoms with van der Waals surface area (Å²) in [4.78, 5) is 25.8. The maximum absolute atomic E-state index is 12.5. The van der Waals surface area contributed by atoms with Gasteiger partial charge in [0.15, 0.2) is 0 Å². The number of aliphatic hydroxyl groups excluding tert-OH is 1. The normalized spacial score (nSPS) is 11.5. The highest BCUT2D eigenvalue weighted by molar-refractivity contribution is 5.89. The molecule has 6 heteroatoms. The molecular formula is C29H55N3O3. The first-order valence-corrected chi connectivity index (χ1v) is 12.9. The molecule has 0 saturated heterocycles. The summed E-state index contributed by atoms with van der Waals surface area (Å²) in [6.07, 6.45) is 3.05. The van der Waals surface area contributed by atoms with E-state index < -0.39 is 6.04 Å². The van der Waals surface area contributed by atoms with Crippen LogP contribution in [-0.4, -0.2) is 61.7 Å². The van der Waals surface area contributed by atoms with Crippen molar-refractivity contribution in [2.24, 2.45) is 5.41 Å². The van der Waals surface area contributed by atoms with E-state index in [9.17, 15) is 9.59 Å². The van der Waals surface area contributed by atoms with Crippen LogP contribution < -0.4 is 10.6 Å². The molecular weight excluding hydrogens is 438 g/mol. The van der Waals surface area contributed by atoms with E-state index in [1.807, 2.05) is 40.7 Å². The third-order valence-electron chi connectivity index (χ3n) is 4.56. The molecule has 3 N–H and O–H groups in total. The molecule has 0 radical (unpaired) electrons. The molecule has 1 aromatic rings. The van der Waals surface area contributed by atoms with Crippen LogP contribution in [0.2, 0.25) is 0 Å². The molecule has 1 atom stereocenters. The second kappa shape index (κ2) is 22.3. The number of hydrogen-bond acceptors (Lipinski definition) is 4. The lowest BCUT2D eigenvalue weighted by molar-refractivity contribution is -0.137. The summed E-state index contributed by atoms with van der Waals surface area (Å²) in [5.41, 5.74) is 1.84. The van der Waals surface area contributed by atoms with E-state index in [0.717, 1.165) is 5.57 Å². The van der Waals surface area contributed by atoms with Gasteiger partial charge >= 0.3 is 0 Å². The maximum atomic E-state index is 12.5. The van der Waals surface area contributed by atoms with Gasteiger partial charge in [-0.25, -0.2) is 0 Å². The van der Waals surface area contributed by atoms with Crippen LogP contribution in [0.25, 0.3) is 0 Å². The van der Waals surface area contributed by atoms with Crippen LogP contribution in [0.15, 0.2) is 42.0 Å². The van der Waals surface area contributed by atoms with Crippen LogP contribution in [-0.2, 0) is 9.59 Å². The second-order valence-corrected chi connectivity index (χ2v) is 9.60. The number of aliphatic hydroxyl groups is 1. The van der Waals surface area contributed by atoms with Crippen molar-refractivity contribution >= 4 is 11.8 Å². The Kier molecular flexibility index (Phi) is 23.8. The Balaban J connectivity index is -0.000000598. The summed E-state index contributed by atoms with van der Waals surface area (Å²) >= 11 is 0. The second-order valence-electron chi connectivity index (χ2n) is 9.60. The summed E-state index contributed by atoms with van der Waals surface area (Å²) in [5.74, 6) is 0.307. The van der Waals surface area contributed by atoms with Crippen molar-refractivity contribution in [1.82, 2.24) is 15.5 Å². The first kappa shape index (κ1) is 37.4. The van der Waals surface area contributed by atoms with Crippen molar-refractivity contribution in [1.29, 1.82) is 0 Å². The van der Waals surface area contributed by atoms with E-state index in [4.69, 9.17) is 5.11 Å². The lowest BCUT2D eigenvalue weighted by Gasteiger charge is -2.33. The Morgan fingerprint density at radius 1 is 1.09 bits per heavy atom. The summed E-state index contributed by atoms with van der Waals surface area (Å²) in [7, 11) is 3.37. The quantitative estimate of drug-likeness (QED) is 0.424. The minimum atomic E-state index is -0.591. The van der Waals surface area contributed by atoms with E-state index in [2.05, 4.69) is 62.6 Å². The Hall–Kier alpha value is -2.18. The summed E-state index contributed by atoms with van der Waals surface area (Å²) in [5, 5.41) is 14.5. The van der Waals surface area contributed by atoms with Crippen LogP contribution in [0.5, 0.6) is 0 Å². The number of nitrogens with one attached hydrogen (secondary N) is 2. The van der Waals surface area contributed by atoms with Crippen LogP contribution >= 0.6 is 0 Å². The largest absolute Gasteiger partial charge is 0.392 e. The molecule has 2 amide bonds. The standard InChI is InChI=1S/C15H29N3O3.C9H12.C3H8.C2H6/c1-11(10-19)7-8-18(6)14(21)13(15(2,3)4)17-12(20)9-16-5;1-8(2)9-6-4-3-5-7-9;1-3-2;1-2/h7,13,16,19H,8-10H2,1-6H3,(H,17,20);3-8H,1-2H3;3H2,1-2H3;1-2H3/b11-7+;;;. The Morgan fingerprint density at radius 3 is 1.91 bits per heavy atom. The van der Waals surface area contributed by atoms with Gasteiger partial charge in [0.2, 0.25) is 11.8 Å². The highest BCUT2D eigenvalue weighted by Gasteiger charge is 2.34. The summed E-state index contributed by atoms with van der Waals surface area (Å²) < 4.78 is 0. The van der Waals surface area contributed by atoms with Gasteiger partial charge in [-0.1, -0.05) is 111 Å². The van der Waals surface area contributed by atoms with Crippen molar-refractivity contribution < 1.29 is 14.7 Å². The predicted octanol–water partition coefficient (Wildman–Crippen LogP) is 5.39. The molecule has 0 bridgehead atoms. The zero-order chi connectivity index (χ0) is 28.0. The lowest BCUT2D eigenvalue weighted by Crippen LogP contribution is -2.55. The monoisotopic (exact) mass is 493 g/mol. The molecule has 1 unspecified atom stereocenters. The number of carbonyl (C=O) groups excluding carboxylic acids is 2. The highest BCUT2D eigenvalue weighted by atomic mass is 16.3. The molecule has 1 rings (SSSR count). The van der Waals surface area contributed by atoms with Gasteiger partial charge < -0.3 is 20.6 Å². The summed E-state index contributed by atoms with van der Waals surface area (Å²) in [6, 6.07) is 9.93. The summed E-state index contributed by atoms with van der Waals surface area (Å²) in [6.45, 7) is 20.8. The van der Waals surface area contributed by atoms with Crippen molar-refractivity contribution in [2.45, 2.75) is 87.6 Å². The minimum absolute atomic E-state index is 0.0242. The van der Waals surface area contributed by atoms with E-state index in [1.54, 1.807) is 32.0 Å². The Morgan fingerprint density at radius 2 is 1.57 bits per heavy atom. The molecule has 6 nitrogen and oxygen atoms in total. The fourth-order valence-electron chi connectivity index (χ4n) is 2.53. The van der Waals surface area contributed by atoms with Crippen LogP contribution in [0, 0.1) is 5.41 Å². The zero-order valence-electron chi connectivity index (χ0n) is 24.7. The van der Waals surface area contributed by atoms with Gasteiger partial charge in [-0.15, -0.1) is 0 Å². The zero-order valence-corrected chi connectivity index (χ0v) is 24.7. The van der Waals surface area contributed by atoms with Crippen LogP contribution in [0.3, 0.4) is 0 Å². The van der Waals surface area contributed by atoms with Gasteiger partial charge in [-0.05, 0) is 30.9 Å². The fraction of sp³-hybridized carbons (Fsp3) is 0.655. The number of hydrogen-bond donors (Lipinski definition) is 3. The number of amides is 2. The molecule has 204 valence electrons. The topological polar surface area (TPSA) is 81.7 Å². The molecule has 0 aromatic heterocycles. The van der Waals surface area contributed by atoms with Gasteiger partial charge in [0, 0.05) is 13.6 Å². The number of benzene rings is 1. The van der Waals surface area contributed by atoms with Crippen molar-refractivity contribution in [3.63, 3.8) is 0 Å². The van der Waals surface area contributed by atoms with E-state index in [-0.39, 0.29) is 30.4 Å². The maximum Gasteiger partial charge on any atom is 0.245 e. The van der Waals surface area contributed by atoms with Gasteiger partial charge in [0.1, 0.15) is 6.04 Å². The predicted molar refractivity (Wildman–Crippen MR) is 152 cm³/mol. The van der Waals surface area contributed by atoms with E-state index >= 15 is 0 Å². The van der Waals surface area contributed by atoms with Crippen molar-refractivity contribution in [3.05, 3.63) is 47.5 Å².